The van der Waals surface area contributed by atoms with E-state index in [9.17, 15) is 4.79 Å². The topological polar surface area (TPSA) is 69.8 Å². The Balaban J connectivity index is 1.77. The van der Waals surface area contributed by atoms with Crippen LogP contribution in [0.5, 0.6) is 0 Å². The number of carbonyl (C=O) groups excluding carboxylic acids is 1. The van der Waals surface area contributed by atoms with E-state index in [2.05, 4.69) is 20.8 Å². The van der Waals surface area contributed by atoms with E-state index in [0.717, 1.165) is 29.5 Å². The predicted molar refractivity (Wildman–Crippen MR) is 62.3 cm³/mol. The van der Waals surface area contributed by atoms with E-state index in [1.807, 2.05) is 13.8 Å². The molecule has 0 unspecified atom stereocenters. The third-order valence-corrected chi connectivity index (χ3v) is 2.81. The summed E-state index contributed by atoms with van der Waals surface area (Å²) in [6.45, 7) is 5.10. The fourth-order valence-electron chi connectivity index (χ4n) is 1.63. The summed E-state index contributed by atoms with van der Waals surface area (Å²) in [5.74, 6) is 0.790. The maximum absolute atomic E-state index is 11.6. The molecule has 5 heteroatoms. The number of hydrogen-bond donors (Lipinski definition) is 3. The first-order valence-electron chi connectivity index (χ1n) is 5.69. The molecule has 1 saturated carbocycles. The third kappa shape index (κ3) is 2.82. The highest BCUT2D eigenvalue weighted by Gasteiger charge is 2.20. The molecule has 16 heavy (non-hydrogen) atoms. The van der Waals surface area contributed by atoms with Crippen molar-refractivity contribution in [1.29, 1.82) is 0 Å². The normalized spacial score (nSPS) is 15.1. The molecule has 0 saturated heterocycles. The second kappa shape index (κ2) is 4.65. The average Bonchev–Trinajstić information content (AvgIpc) is 3.01. The van der Waals surface area contributed by atoms with Crippen molar-refractivity contribution in [1.82, 2.24) is 15.5 Å². The van der Waals surface area contributed by atoms with Gasteiger partial charge in [0.05, 0.1) is 23.6 Å². The molecule has 1 amide bonds. The van der Waals surface area contributed by atoms with E-state index >= 15 is 0 Å². The highest BCUT2D eigenvalue weighted by Crippen LogP contribution is 2.27. The summed E-state index contributed by atoms with van der Waals surface area (Å²) in [5.41, 5.74) is 2.53. The molecule has 0 atom stereocenters. The summed E-state index contributed by atoms with van der Waals surface area (Å²) in [6, 6.07) is 0. The van der Waals surface area contributed by atoms with E-state index in [1.54, 1.807) is 0 Å². The minimum atomic E-state index is -0.00625. The summed E-state index contributed by atoms with van der Waals surface area (Å²) < 4.78 is 0. The van der Waals surface area contributed by atoms with E-state index in [-0.39, 0.29) is 5.91 Å². The number of hydrogen-bond acceptors (Lipinski definition) is 3. The SMILES string of the molecule is Cc1n[nH]c(C)c1NC(=O)CNCC1CC1. The zero-order valence-corrected chi connectivity index (χ0v) is 9.76. The lowest BCUT2D eigenvalue weighted by Crippen LogP contribution is -2.29. The second-order valence-corrected chi connectivity index (χ2v) is 4.43. The minimum Gasteiger partial charge on any atom is -0.322 e. The van der Waals surface area contributed by atoms with Crippen molar-refractivity contribution < 1.29 is 4.79 Å². The maximum Gasteiger partial charge on any atom is 0.238 e. The molecular formula is C11H18N4O. The van der Waals surface area contributed by atoms with E-state index in [4.69, 9.17) is 0 Å². The smallest absolute Gasteiger partial charge is 0.238 e. The van der Waals surface area contributed by atoms with Crippen molar-refractivity contribution in [2.75, 3.05) is 18.4 Å². The predicted octanol–water partition coefficient (Wildman–Crippen LogP) is 0.965. The van der Waals surface area contributed by atoms with Gasteiger partial charge in [-0.1, -0.05) is 0 Å². The summed E-state index contributed by atoms with van der Waals surface area (Å²) >= 11 is 0. The van der Waals surface area contributed by atoms with Gasteiger partial charge in [-0.3, -0.25) is 9.89 Å². The summed E-state index contributed by atoms with van der Waals surface area (Å²) in [7, 11) is 0. The first-order chi connectivity index (χ1) is 7.66. The Morgan fingerprint density at radius 1 is 1.50 bits per heavy atom. The molecule has 0 aliphatic heterocycles. The minimum absolute atomic E-state index is 0.00625. The monoisotopic (exact) mass is 222 g/mol. The molecule has 0 radical (unpaired) electrons. The van der Waals surface area contributed by atoms with Crippen molar-refractivity contribution in [3.8, 4) is 0 Å². The fraction of sp³-hybridized carbons (Fsp3) is 0.636. The number of amides is 1. The number of rotatable bonds is 5. The molecule has 3 N–H and O–H groups in total. The number of aromatic amines is 1. The molecule has 1 aliphatic rings. The van der Waals surface area contributed by atoms with Gasteiger partial charge >= 0.3 is 0 Å². The summed E-state index contributed by atoms with van der Waals surface area (Å²) in [6.07, 6.45) is 2.60. The molecule has 2 rings (SSSR count). The van der Waals surface area contributed by atoms with E-state index in [1.165, 1.54) is 12.8 Å². The zero-order chi connectivity index (χ0) is 11.5. The van der Waals surface area contributed by atoms with Crippen LogP contribution in [-0.2, 0) is 4.79 Å². The fourth-order valence-corrected chi connectivity index (χ4v) is 1.63. The number of H-pyrrole nitrogens is 1. The van der Waals surface area contributed by atoms with Crippen LogP contribution in [0.4, 0.5) is 5.69 Å². The number of aromatic nitrogens is 2. The first kappa shape index (κ1) is 11.1. The lowest BCUT2D eigenvalue weighted by atomic mass is 10.3. The summed E-state index contributed by atoms with van der Waals surface area (Å²) in [4.78, 5) is 11.6. The van der Waals surface area contributed by atoms with Gasteiger partial charge < -0.3 is 10.6 Å². The van der Waals surface area contributed by atoms with E-state index < -0.39 is 0 Å². The zero-order valence-electron chi connectivity index (χ0n) is 9.76. The number of carbonyl (C=O) groups is 1. The van der Waals surface area contributed by atoms with Crippen molar-refractivity contribution in [2.45, 2.75) is 26.7 Å². The lowest BCUT2D eigenvalue weighted by molar-refractivity contribution is -0.115. The maximum atomic E-state index is 11.6. The number of aryl methyl sites for hydroxylation is 2. The summed E-state index contributed by atoms with van der Waals surface area (Å²) in [5, 5.41) is 12.9. The van der Waals surface area contributed by atoms with Crippen molar-refractivity contribution >= 4 is 11.6 Å². The molecule has 88 valence electrons. The van der Waals surface area contributed by atoms with Gasteiger partial charge in [0.1, 0.15) is 0 Å². The van der Waals surface area contributed by atoms with Crippen LogP contribution in [0.1, 0.15) is 24.2 Å². The average molecular weight is 222 g/mol. The van der Waals surface area contributed by atoms with Gasteiger partial charge in [0.15, 0.2) is 0 Å². The largest absolute Gasteiger partial charge is 0.322 e. The van der Waals surface area contributed by atoms with Crippen molar-refractivity contribution in [2.24, 2.45) is 5.92 Å². The molecule has 0 bridgehead atoms. The molecule has 1 aliphatic carbocycles. The quantitative estimate of drug-likeness (QED) is 0.695. The van der Waals surface area contributed by atoms with Crippen LogP contribution >= 0.6 is 0 Å². The van der Waals surface area contributed by atoms with Gasteiger partial charge in [-0.15, -0.1) is 0 Å². The Kier molecular flexibility index (Phi) is 3.24. The first-order valence-corrected chi connectivity index (χ1v) is 5.69. The number of anilines is 1. The molecule has 1 aromatic heterocycles. The Bertz CT molecular complexity index is 362. The molecule has 0 spiro atoms. The van der Waals surface area contributed by atoms with Crippen LogP contribution in [0.3, 0.4) is 0 Å². The van der Waals surface area contributed by atoms with Crippen LogP contribution in [0.25, 0.3) is 0 Å². The molecule has 1 heterocycles. The standard InChI is InChI=1S/C11H18N4O/c1-7-11(8(2)15-14-7)13-10(16)6-12-5-9-3-4-9/h9,12H,3-6H2,1-2H3,(H,13,16)(H,14,15). The van der Waals surface area contributed by atoms with Gasteiger partial charge in [-0.05, 0) is 39.2 Å². The molecule has 5 nitrogen and oxygen atoms in total. The van der Waals surface area contributed by atoms with Gasteiger partial charge in [0.2, 0.25) is 5.91 Å². The molecule has 0 aromatic carbocycles. The second-order valence-electron chi connectivity index (χ2n) is 4.43. The highest BCUT2D eigenvalue weighted by molar-refractivity contribution is 5.93. The van der Waals surface area contributed by atoms with Crippen LogP contribution in [0.2, 0.25) is 0 Å². The van der Waals surface area contributed by atoms with Crippen LogP contribution in [-0.4, -0.2) is 29.2 Å². The van der Waals surface area contributed by atoms with Gasteiger partial charge in [0.25, 0.3) is 0 Å². The van der Waals surface area contributed by atoms with Crippen molar-refractivity contribution in [3.05, 3.63) is 11.4 Å². The molecular weight excluding hydrogens is 204 g/mol. The molecule has 1 aromatic rings. The number of nitrogens with one attached hydrogen (secondary N) is 3. The Morgan fingerprint density at radius 3 is 2.81 bits per heavy atom. The van der Waals surface area contributed by atoms with Gasteiger partial charge in [0, 0.05) is 0 Å². The van der Waals surface area contributed by atoms with Crippen molar-refractivity contribution in [3.63, 3.8) is 0 Å². The van der Waals surface area contributed by atoms with E-state index in [0.29, 0.717) is 6.54 Å². The number of nitrogens with zero attached hydrogens (tertiary/aromatic N) is 1. The van der Waals surface area contributed by atoms with Gasteiger partial charge in [-0.2, -0.15) is 5.10 Å². The Labute approximate surface area is 95.0 Å². The van der Waals surface area contributed by atoms with Crippen LogP contribution in [0.15, 0.2) is 0 Å². The van der Waals surface area contributed by atoms with Gasteiger partial charge in [-0.25, -0.2) is 0 Å². The lowest BCUT2D eigenvalue weighted by Gasteiger charge is -2.06. The Hall–Kier alpha value is -1.36. The highest BCUT2D eigenvalue weighted by atomic mass is 16.1. The third-order valence-electron chi connectivity index (χ3n) is 2.81. The Morgan fingerprint density at radius 2 is 2.25 bits per heavy atom. The van der Waals surface area contributed by atoms with Crippen LogP contribution in [0, 0.1) is 19.8 Å². The van der Waals surface area contributed by atoms with Crippen LogP contribution < -0.4 is 10.6 Å². The molecule has 1 fully saturated rings.